The zero-order valence-corrected chi connectivity index (χ0v) is 15.8. The molecule has 0 spiro atoms. The summed E-state index contributed by atoms with van der Waals surface area (Å²) < 4.78 is 29.7. The van der Waals surface area contributed by atoms with E-state index in [2.05, 4.69) is 20.4 Å². The van der Waals surface area contributed by atoms with Crippen molar-refractivity contribution in [2.45, 2.75) is 31.9 Å². The van der Waals surface area contributed by atoms with Gasteiger partial charge in [0.15, 0.2) is 5.13 Å². The molecule has 7 nitrogen and oxygen atoms in total. The Bertz CT molecular complexity index is 804. The third-order valence-electron chi connectivity index (χ3n) is 4.23. The molecule has 1 aliphatic rings. The van der Waals surface area contributed by atoms with Crippen LogP contribution in [0.3, 0.4) is 0 Å². The maximum atomic E-state index is 12.6. The lowest BCUT2D eigenvalue weighted by Crippen LogP contribution is -2.37. The first-order valence-corrected chi connectivity index (χ1v) is 9.66. The van der Waals surface area contributed by atoms with Crippen molar-refractivity contribution in [3.05, 3.63) is 35.8 Å². The number of ether oxygens (including phenoxy) is 1. The van der Waals surface area contributed by atoms with Crippen LogP contribution in [0.2, 0.25) is 0 Å². The van der Waals surface area contributed by atoms with Gasteiger partial charge >= 0.3 is 6.61 Å². The van der Waals surface area contributed by atoms with E-state index in [9.17, 15) is 18.4 Å². The molecule has 150 valence electrons. The van der Waals surface area contributed by atoms with Crippen LogP contribution in [0.15, 0.2) is 35.8 Å². The Kier molecular flexibility index (Phi) is 6.75. The number of aromatic nitrogens is 1. The van der Waals surface area contributed by atoms with Gasteiger partial charge in [-0.15, -0.1) is 11.3 Å². The van der Waals surface area contributed by atoms with Gasteiger partial charge in [-0.25, -0.2) is 4.98 Å². The standard InChI is InChI=1S/C18H20F2N4O3S/c19-17(20)27-14-4-2-1-3-13(14)24-9-7-12(11-24)22-15(25)5-6-16(26)23-18-21-8-10-28-18/h1-4,8,10,12,17H,5-7,9,11H2,(H,22,25)(H,21,23,26). The molecule has 1 aromatic heterocycles. The highest BCUT2D eigenvalue weighted by atomic mass is 32.1. The minimum absolute atomic E-state index is 0.0624. The van der Waals surface area contributed by atoms with Crippen molar-refractivity contribution in [2.24, 2.45) is 0 Å². The van der Waals surface area contributed by atoms with Crippen LogP contribution >= 0.6 is 11.3 Å². The van der Waals surface area contributed by atoms with E-state index in [-0.39, 0.29) is 36.4 Å². The molecular formula is C18H20F2N4O3S. The number of carbonyl (C=O) groups is 2. The number of carbonyl (C=O) groups excluding carboxylic acids is 2. The van der Waals surface area contributed by atoms with E-state index in [1.807, 2.05) is 4.90 Å². The molecule has 1 aromatic carbocycles. The lowest BCUT2D eigenvalue weighted by atomic mass is 10.2. The molecule has 1 unspecified atom stereocenters. The Balaban J connectivity index is 1.45. The summed E-state index contributed by atoms with van der Waals surface area (Å²) in [5.74, 6) is -0.377. The monoisotopic (exact) mass is 410 g/mol. The van der Waals surface area contributed by atoms with Crippen molar-refractivity contribution < 1.29 is 23.1 Å². The summed E-state index contributed by atoms with van der Waals surface area (Å²) >= 11 is 1.31. The smallest absolute Gasteiger partial charge is 0.387 e. The summed E-state index contributed by atoms with van der Waals surface area (Å²) in [4.78, 5) is 29.8. The van der Waals surface area contributed by atoms with Crippen LogP contribution in [0.25, 0.3) is 0 Å². The van der Waals surface area contributed by atoms with Gasteiger partial charge in [0.05, 0.1) is 5.69 Å². The van der Waals surface area contributed by atoms with Gasteiger partial charge in [-0.2, -0.15) is 8.78 Å². The summed E-state index contributed by atoms with van der Waals surface area (Å²) in [6.45, 7) is -1.80. The summed E-state index contributed by atoms with van der Waals surface area (Å²) in [6.07, 6.45) is 2.40. The second-order valence-electron chi connectivity index (χ2n) is 6.23. The fourth-order valence-electron chi connectivity index (χ4n) is 3.00. The molecule has 1 fully saturated rings. The van der Waals surface area contributed by atoms with Gasteiger partial charge < -0.3 is 20.3 Å². The summed E-state index contributed by atoms with van der Waals surface area (Å²) in [5.41, 5.74) is 0.572. The van der Waals surface area contributed by atoms with E-state index < -0.39 is 6.61 Å². The number of nitrogens with one attached hydrogen (secondary N) is 2. The number of alkyl halides is 2. The topological polar surface area (TPSA) is 83.6 Å². The number of para-hydroxylation sites is 2. The van der Waals surface area contributed by atoms with Crippen LogP contribution in [0.5, 0.6) is 5.75 Å². The predicted molar refractivity (Wildman–Crippen MR) is 102 cm³/mol. The maximum absolute atomic E-state index is 12.6. The van der Waals surface area contributed by atoms with Crippen LogP contribution in [0.1, 0.15) is 19.3 Å². The Morgan fingerprint density at radius 3 is 2.82 bits per heavy atom. The second-order valence-corrected chi connectivity index (χ2v) is 7.13. The Labute approximate surface area is 164 Å². The highest BCUT2D eigenvalue weighted by Crippen LogP contribution is 2.31. The Hall–Kier alpha value is -2.75. The molecular weight excluding hydrogens is 390 g/mol. The van der Waals surface area contributed by atoms with Gasteiger partial charge in [0.2, 0.25) is 11.8 Å². The first-order valence-electron chi connectivity index (χ1n) is 8.79. The van der Waals surface area contributed by atoms with Gasteiger partial charge in [-0.05, 0) is 18.6 Å². The molecule has 2 N–H and O–H groups in total. The van der Waals surface area contributed by atoms with Crippen molar-refractivity contribution in [3.8, 4) is 5.75 Å². The van der Waals surface area contributed by atoms with Crippen LogP contribution in [0, 0.1) is 0 Å². The third-order valence-corrected chi connectivity index (χ3v) is 4.92. The van der Waals surface area contributed by atoms with Crippen LogP contribution in [0.4, 0.5) is 19.6 Å². The van der Waals surface area contributed by atoms with E-state index >= 15 is 0 Å². The normalized spacial score (nSPS) is 16.2. The maximum Gasteiger partial charge on any atom is 0.387 e. The molecule has 28 heavy (non-hydrogen) atoms. The highest BCUT2D eigenvalue weighted by Gasteiger charge is 2.26. The molecule has 2 aromatic rings. The minimum atomic E-state index is -2.89. The summed E-state index contributed by atoms with van der Waals surface area (Å²) in [5, 5.41) is 7.77. The highest BCUT2D eigenvalue weighted by molar-refractivity contribution is 7.13. The molecule has 0 saturated carbocycles. The molecule has 0 bridgehead atoms. The number of hydrogen-bond donors (Lipinski definition) is 2. The van der Waals surface area contributed by atoms with E-state index in [1.54, 1.807) is 29.8 Å². The Morgan fingerprint density at radius 2 is 2.07 bits per heavy atom. The van der Waals surface area contributed by atoms with Gasteiger partial charge in [0.1, 0.15) is 5.75 Å². The van der Waals surface area contributed by atoms with Crippen LogP contribution < -0.4 is 20.3 Å². The number of thiazole rings is 1. The lowest BCUT2D eigenvalue weighted by Gasteiger charge is -2.22. The van der Waals surface area contributed by atoms with Crippen molar-refractivity contribution in [2.75, 3.05) is 23.3 Å². The van der Waals surface area contributed by atoms with Crippen molar-refractivity contribution in [3.63, 3.8) is 0 Å². The van der Waals surface area contributed by atoms with Crippen LogP contribution in [-0.4, -0.2) is 42.5 Å². The fourth-order valence-corrected chi connectivity index (χ4v) is 3.55. The summed E-state index contributed by atoms with van der Waals surface area (Å²) in [6, 6.07) is 6.47. The van der Waals surface area contributed by atoms with E-state index in [0.29, 0.717) is 30.3 Å². The molecule has 3 rings (SSSR count). The van der Waals surface area contributed by atoms with Gasteiger partial charge in [-0.3, -0.25) is 9.59 Å². The van der Waals surface area contributed by atoms with E-state index in [0.717, 1.165) is 0 Å². The molecule has 1 atom stereocenters. The number of benzene rings is 1. The number of hydrogen-bond acceptors (Lipinski definition) is 6. The molecule has 2 amide bonds. The number of amides is 2. The first kappa shape index (κ1) is 20.0. The number of halogens is 2. The predicted octanol–water partition coefficient (Wildman–Crippen LogP) is 2.86. The van der Waals surface area contributed by atoms with Crippen LogP contribution in [-0.2, 0) is 9.59 Å². The van der Waals surface area contributed by atoms with Crippen molar-refractivity contribution in [1.82, 2.24) is 10.3 Å². The zero-order valence-electron chi connectivity index (χ0n) is 14.9. The second kappa shape index (κ2) is 9.45. The molecule has 1 saturated heterocycles. The SMILES string of the molecule is O=C(CCC(=O)NC1CCN(c2ccccc2OC(F)F)C1)Nc1nccs1. The number of anilines is 2. The fraction of sp³-hybridized carbons (Fsp3) is 0.389. The van der Waals surface area contributed by atoms with E-state index in [1.165, 1.54) is 17.4 Å². The van der Waals surface area contributed by atoms with Gasteiger partial charge in [0, 0.05) is 43.5 Å². The van der Waals surface area contributed by atoms with Gasteiger partial charge in [0.25, 0.3) is 0 Å². The third kappa shape index (κ3) is 5.62. The quantitative estimate of drug-likeness (QED) is 0.699. The first-order chi connectivity index (χ1) is 13.5. The van der Waals surface area contributed by atoms with Crippen molar-refractivity contribution in [1.29, 1.82) is 0 Å². The average Bonchev–Trinajstić information content (AvgIpc) is 3.32. The molecule has 10 heteroatoms. The molecule has 0 radical (unpaired) electrons. The molecule has 2 heterocycles. The Morgan fingerprint density at radius 1 is 1.29 bits per heavy atom. The largest absolute Gasteiger partial charge is 0.433 e. The number of nitrogens with zero attached hydrogens (tertiary/aromatic N) is 2. The van der Waals surface area contributed by atoms with Crippen molar-refractivity contribution >= 4 is 34.0 Å². The summed E-state index contributed by atoms with van der Waals surface area (Å²) in [7, 11) is 0. The molecule has 1 aliphatic heterocycles. The van der Waals surface area contributed by atoms with Gasteiger partial charge in [-0.1, -0.05) is 12.1 Å². The minimum Gasteiger partial charge on any atom is -0.433 e. The molecule has 0 aliphatic carbocycles. The zero-order chi connectivity index (χ0) is 19.9. The van der Waals surface area contributed by atoms with E-state index in [4.69, 9.17) is 0 Å². The lowest BCUT2D eigenvalue weighted by molar-refractivity contribution is -0.124. The average molecular weight is 410 g/mol. The number of rotatable bonds is 8.